The average molecular weight is 500 g/mol. The van der Waals surface area contributed by atoms with Gasteiger partial charge in [-0.25, -0.2) is 9.83 Å². The van der Waals surface area contributed by atoms with Crippen molar-refractivity contribution in [3.8, 4) is 5.88 Å². The van der Waals surface area contributed by atoms with E-state index in [1.807, 2.05) is 0 Å². The Morgan fingerprint density at radius 1 is 0.944 bits per heavy atom. The molecule has 0 unspecified atom stereocenters. The quantitative estimate of drug-likeness (QED) is 0.296. The molecule has 2 aromatic carbocycles. The van der Waals surface area contributed by atoms with Crippen molar-refractivity contribution in [1.29, 1.82) is 0 Å². The van der Waals surface area contributed by atoms with Crippen LogP contribution in [0.25, 0.3) is 4.85 Å². The summed E-state index contributed by atoms with van der Waals surface area (Å²) < 4.78 is 13.0. The number of likely N-dealkylation sites (tertiary alicyclic amines) is 1. The van der Waals surface area contributed by atoms with E-state index >= 15 is 0 Å². The Labute approximate surface area is 217 Å². The molecule has 1 aromatic heterocycles. The van der Waals surface area contributed by atoms with Gasteiger partial charge < -0.3 is 9.16 Å². The molecule has 4 rings (SSSR count). The van der Waals surface area contributed by atoms with Crippen LogP contribution in [0.2, 0.25) is 5.04 Å². The summed E-state index contributed by atoms with van der Waals surface area (Å²) in [6.45, 7) is 18.4. The molecule has 6 heteroatoms. The van der Waals surface area contributed by atoms with Crippen LogP contribution in [0.1, 0.15) is 33.6 Å². The summed E-state index contributed by atoms with van der Waals surface area (Å²) in [6.07, 6.45) is 3.83. The molecular weight excluding hydrogens is 462 g/mol. The molecule has 1 aliphatic rings. The van der Waals surface area contributed by atoms with E-state index in [-0.39, 0.29) is 5.04 Å². The monoisotopic (exact) mass is 499 g/mol. The number of hydrogen-bond donors (Lipinski definition) is 0. The normalized spacial score (nSPS) is 15.4. The first-order valence-electron chi connectivity index (χ1n) is 12.9. The Balaban J connectivity index is 1.36. The van der Waals surface area contributed by atoms with Gasteiger partial charge in [-0.15, -0.1) is 0 Å². The third kappa shape index (κ3) is 6.04. The van der Waals surface area contributed by atoms with Crippen molar-refractivity contribution in [2.45, 2.75) is 38.7 Å². The molecule has 188 valence electrons. The largest absolute Gasteiger partial charge is 0.476 e. The molecule has 0 N–H and O–H groups in total. The summed E-state index contributed by atoms with van der Waals surface area (Å²) in [6, 6.07) is 25.3. The highest BCUT2D eigenvalue weighted by molar-refractivity contribution is 6.99. The summed E-state index contributed by atoms with van der Waals surface area (Å²) >= 11 is 0. The summed E-state index contributed by atoms with van der Waals surface area (Å²) in [4.78, 5) is 10.0. The second-order valence-electron chi connectivity index (χ2n) is 10.6. The molecule has 36 heavy (non-hydrogen) atoms. The molecule has 0 spiro atoms. The lowest BCUT2D eigenvalue weighted by atomic mass is 9.98. The second-order valence-corrected chi connectivity index (χ2v) is 14.9. The van der Waals surface area contributed by atoms with Gasteiger partial charge in [0.15, 0.2) is 0 Å². The molecule has 1 aliphatic heterocycles. The van der Waals surface area contributed by atoms with Crippen molar-refractivity contribution in [3.05, 3.63) is 90.4 Å². The smallest absolute Gasteiger partial charge is 0.261 e. The van der Waals surface area contributed by atoms with Gasteiger partial charge in [-0.3, -0.25) is 4.90 Å². The van der Waals surface area contributed by atoms with Gasteiger partial charge in [0.05, 0.1) is 6.57 Å². The molecule has 0 amide bonds. The Morgan fingerprint density at radius 3 is 2.06 bits per heavy atom. The number of hydrogen-bond acceptors (Lipinski definition) is 4. The van der Waals surface area contributed by atoms with E-state index in [0.29, 0.717) is 24.1 Å². The van der Waals surface area contributed by atoms with Crippen LogP contribution >= 0.6 is 0 Å². The van der Waals surface area contributed by atoms with Crippen LogP contribution in [0.5, 0.6) is 5.88 Å². The van der Waals surface area contributed by atoms with Crippen LogP contribution in [0.4, 0.5) is 5.69 Å². The third-order valence-electron chi connectivity index (χ3n) is 7.17. The summed E-state index contributed by atoms with van der Waals surface area (Å²) in [5.41, 5.74) is 0.532. The Bertz CT molecular complexity index is 1080. The van der Waals surface area contributed by atoms with Crippen molar-refractivity contribution in [3.63, 3.8) is 0 Å². The van der Waals surface area contributed by atoms with Crippen molar-refractivity contribution < 1.29 is 9.16 Å². The van der Waals surface area contributed by atoms with E-state index in [2.05, 4.69) is 96.2 Å². The fraction of sp³-hybridized carbons (Fsp3) is 0.400. The van der Waals surface area contributed by atoms with Crippen molar-refractivity contribution in [2.24, 2.45) is 5.92 Å². The van der Waals surface area contributed by atoms with Gasteiger partial charge in [0.2, 0.25) is 11.6 Å². The zero-order valence-corrected chi connectivity index (χ0v) is 22.7. The average Bonchev–Trinajstić information content (AvgIpc) is 2.91. The van der Waals surface area contributed by atoms with E-state index in [0.717, 1.165) is 39.1 Å². The molecular formula is C30H37N3O2Si. The van der Waals surface area contributed by atoms with Crippen LogP contribution in [0.3, 0.4) is 0 Å². The number of nitrogens with zero attached hydrogens (tertiary/aromatic N) is 3. The molecule has 0 atom stereocenters. The van der Waals surface area contributed by atoms with Crippen LogP contribution < -0.4 is 15.1 Å². The van der Waals surface area contributed by atoms with Gasteiger partial charge in [0.1, 0.15) is 6.61 Å². The molecule has 0 radical (unpaired) electrons. The van der Waals surface area contributed by atoms with Gasteiger partial charge in [-0.1, -0.05) is 81.4 Å². The maximum atomic E-state index is 7.17. The molecule has 2 heterocycles. The molecule has 1 saturated heterocycles. The van der Waals surface area contributed by atoms with Gasteiger partial charge in [-0.05, 0) is 59.4 Å². The topological polar surface area (TPSA) is 39.0 Å². The maximum Gasteiger partial charge on any atom is 0.261 e. The molecule has 0 saturated carbocycles. The van der Waals surface area contributed by atoms with Gasteiger partial charge in [0, 0.05) is 19.3 Å². The van der Waals surface area contributed by atoms with Crippen LogP contribution in [-0.2, 0) is 4.43 Å². The van der Waals surface area contributed by atoms with Crippen LogP contribution in [-0.4, -0.2) is 51.0 Å². The molecule has 1 fully saturated rings. The predicted molar refractivity (Wildman–Crippen MR) is 149 cm³/mol. The van der Waals surface area contributed by atoms with E-state index in [1.165, 1.54) is 10.4 Å². The number of pyridine rings is 1. The standard InChI is InChI=1S/C30H37N3O2Si/c1-30(2,3)36(27-11-7-5-8-12-27,28-13-9-6-10-14-28)35-24-25-17-19-33(20-18-25)21-22-34-29-16-15-26(31-4)23-32-29/h5-16,23,25H,17-22,24H2,1-3H3. The predicted octanol–water partition coefficient (Wildman–Crippen LogP) is 5.30. The van der Waals surface area contributed by atoms with Crippen molar-refractivity contribution >= 4 is 24.4 Å². The van der Waals surface area contributed by atoms with Crippen LogP contribution in [0.15, 0.2) is 79.0 Å². The number of aromatic nitrogens is 1. The van der Waals surface area contributed by atoms with E-state index in [4.69, 9.17) is 15.7 Å². The fourth-order valence-corrected chi connectivity index (χ4v) is 9.83. The highest BCUT2D eigenvalue weighted by Gasteiger charge is 2.50. The van der Waals surface area contributed by atoms with Crippen molar-refractivity contribution in [2.75, 3.05) is 32.8 Å². The number of benzene rings is 2. The third-order valence-corrected chi connectivity index (χ3v) is 12.2. The zero-order valence-electron chi connectivity index (χ0n) is 21.7. The molecule has 0 aliphatic carbocycles. The molecule has 0 bridgehead atoms. The first kappa shape index (κ1) is 26.1. The Hall–Kier alpha value is -2.98. The number of ether oxygens (including phenoxy) is 1. The minimum absolute atomic E-state index is 0.00868. The lowest BCUT2D eigenvalue weighted by molar-refractivity contribution is 0.122. The highest BCUT2D eigenvalue weighted by Crippen LogP contribution is 2.37. The summed E-state index contributed by atoms with van der Waals surface area (Å²) in [5, 5.41) is 2.70. The lowest BCUT2D eigenvalue weighted by Crippen LogP contribution is -2.67. The van der Waals surface area contributed by atoms with Gasteiger partial charge in [-0.2, -0.15) is 0 Å². The first-order valence-corrected chi connectivity index (χ1v) is 14.8. The molecule has 5 nitrogen and oxygen atoms in total. The van der Waals surface area contributed by atoms with Crippen LogP contribution in [0, 0.1) is 12.5 Å². The fourth-order valence-electron chi connectivity index (χ4n) is 5.18. The maximum absolute atomic E-state index is 7.17. The minimum Gasteiger partial charge on any atom is -0.476 e. The number of piperidine rings is 1. The Kier molecular flexibility index (Phi) is 8.58. The minimum atomic E-state index is -2.47. The SMILES string of the molecule is [C-]#[N+]c1ccc(OCCN2CCC(CO[Si](c3ccccc3)(c3ccccc3)C(C)(C)C)CC2)nc1. The van der Waals surface area contributed by atoms with Gasteiger partial charge >= 0.3 is 0 Å². The first-order chi connectivity index (χ1) is 17.4. The van der Waals surface area contributed by atoms with Gasteiger partial charge in [0.25, 0.3) is 8.32 Å². The second kappa shape index (κ2) is 11.8. The summed E-state index contributed by atoms with van der Waals surface area (Å²) in [7, 11) is -2.47. The lowest BCUT2D eigenvalue weighted by Gasteiger charge is -2.44. The number of rotatable bonds is 9. The van der Waals surface area contributed by atoms with E-state index in [9.17, 15) is 0 Å². The van der Waals surface area contributed by atoms with Crippen molar-refractivity contribution in [1.82, 2.24) is 9.88 Å². The Morgan fingerprint density at radius 2 is 1.56 bits per heavy atom. The molecule has 3 aromatic rings. The van der Waals surface area contributed by atoms with E-state index < -0.39 is 8.32 Å². The highest BCUT2D eigenvalue weighted by atomic mass is 28.4. The summed E-state index contributed by atoms with van der Waals surface area (Å²) in [5.74, 6) is 1.14. The zero-order chi connectivity index (χ0) is 25.4. The van der Waals surface area contributed by atoms with E-state index in [1.54, 1.807) is 18.3 Å².